The summed E-state index contributed by atoms with van der Waals surface area (Å²) in [5.41, 5.74) is 0.0995. The van der Waals surface area contributed by atoms with Crippen molar-refractivity contribution in [2.24, 2.45) is 17.8 Å². The van der Waals surface area contributed by atoms with Crippen LogP contribution in [0.25, 0.3) is 0 Å². The first-order chi connectivity index (χ1) is 8.56. The standard InChI is InChI=1S/C16H21ClO/c1-16(18,14-4-2-3-5-15(14)17)10-13-9-11-6-7-12(13)8-11/h2-5,11-13,18H,6-10H2,1H3. The highest BCUT2D eigenvalue weighted by molar-refractivity contribution is 6.31. The largest absolute Gasteiger partial charge is 0.385 e. The van der Waals surface area contributed by atoms with Crippen LogP contribution in [0.15, 0.2) is 24.3 Å². The van der Waals surface area contributed by atoms with Crippen LogP contribution in [0.3, 0.4) is 0 Å². The van der Waals surface area contributed by atoms with E-state index in [0.717, 1.165) is 23.8 Å². The lowest BCUT2D eigenvalue weighted by atomic mass is 9.78. The summed E-state index contributed by atoms with van der Waals surface area (Å²) in [5, 5.41) is 11.5. The molecule has 0 amide bonds. The maximum atomic E-state index is 10.8. The highest BCUT2D eigenvalue weighted by Gasteiger charge is 2.42. The Bertz CT molecular complexity index is 440. The predicted octanol–water partition coefficient (Wildman–Crippen LogP) is 4.37. The summed E-state index contributed by atoms with van der Waals surface area (Å²) in [5.74, 6) is 2.47. The Labute approximate surface area is 114 Å². The van der Waals surface area contributed by atoms with E-state index in [0.29, 0.717) is 10.9 Å². The first kappa shape index (κ1) is 12.5. The number of fused-ring (bicyclic) bond motifs is 2. The van der Waals surface area contributed by atoms with Crippen LogP contribution in [-0.2, 0) is 5.60 Å². The number of halogens is 1. The summed E-state index contributed by atoms with van der Waals surface area (Å²) in [7, 11) is 0. The fraction of sp³-hybridized carbons (Fsp3) is 0.625. The van der Waals surface area contributed by atoms with Gasteiger partial charge < -0.3 is 5.11 Å². The van der Waals surface area contributed by atoms with Gasteiger partial charge in [0.15, 0.2) is 0 Å². The summed E-state index contributed by atoms with van der Waals surface area (Å²) in [6.45, 7) is 1.92. The van der Waals surface area contributed by atoms with Gasteiger partial charge in [-0.1, -0.05) is 36.2 Å². The summed E-state index contributed by atoms with van der Waals surface area (Å²) >= 11 is 6.21. The topological polar surface area (TPSA) is 20.2 Å². The molecular weight excluding hydrogens is 244 g/mol. The van der Waals surface area contributed by atoms with Gasteiger partial charge in [0.2, 0.25) is 0 Å². The molecule has 2 fully saturated rings. The molecule has 3 rings (SSSR count). The molecule has 2 heteroatoms. The maximum Gasteiger partial charge on any atom is 0.0885 e. The van der Waals surface area contributed by atoms with Gasteiger partial charge in [-0.15, -0.1) is 0 Å². The van der Waals surface area contributed by atoms with E-state index in [1.807, 2.05) is 31.2 Å². The van der Waals surface area contributed by atoms with Crippen LogP contribution in [0, 0.1) is 17.8 Å². The highest BCUT2D eigenvalue weighted by Crippen LogP contribution is 2.52. The van der Waals surface area contributed by atoms with Crippen LogP contribution < -0.4 is 0 Å². The molecule has 2 aliphatic rings. The van der Waals surface area contributed by atoms with Gasteiger partial charge in [-0.3, -0.25) is 0 Å². The number of rotatable bonds is 3. The van der Waals surface area contributed by atoms with E-state index in [1.165, 1.54) is 25.7 Å². The first-order valence-electron chi connectivity index (χ1n) is 7.03. The average molecular weight is 265 g/mol. The van der Waals surface area contributed by atoms with E-state index in [4.69, 9.17) is 11.6 Å². The van der Waals surface area contributed by atoms with Crippen molar-refractivity contribution in [3.63, 3.8) is 0 Å². The van der Waals surface area contributed by atoms with Crippen molar-refractivity contribution in [1.29, 1.82) is 0 Å². The molecule has 0 heterocycles. The zero-order valence-corrected chi connectivity index (χ0v) is 11.7. The van der Waals surface area contributed by atoms with Crippen molar-refractivity contribution in [3.8, 4) is 0 Å². The molecule has 1 aromatic rings. The Morgan fingerprint density at radius 1 is 1.28 bits per heavy atom. The predicted molar refractivity (Wildman–Crippen MR) is 74.6 cm³/mol. The number of hydrogen-bond donors (Lipinski definition) is 1. The summed E-state index contributed by atoms with van der Waals surface area (Å²) in [6, 6.07) is 7.69. The molecule has 2 bridgehead atoms. The minimum Gasteiger partial charge on any atom is -0.385 e. The van der Waals surface area contributed by atoms with E-state index < -0.39 is 5.60 Å². The molecule has 4 unspecified atom stereocenters. The van der Waals surface area contributed by atoms with Gasteiger partial charge in [0.05, 0.1) is 5.60 Å². The SMILES string of the molecule is CC(O)(CC1CC2CCC1C2)c1ccccc1Cl. The molecule has 1 N–H and O–H groups in total. The van der Waals surface area contributed by atoms with Crippen molar-refractivity contribution < 1.29 is 5.11 Å². The molecule has 0 radical (unpaired) electrons. The molecule has 1 nitrogen and oxygen atoms in total. The molecule has 0 aromatic heterocycles. The van der Waals surface area contributed by atoms with Crippen LogP contribution in [0.4, 0.5) is 0 Å². The molecule has 0 saturated heterocycles. The van der Waals surface area contributed by atoms with Gasteiger partial charge in [-0.05, 0) is 56.4 Å². The fourth-order valence-corrected chi connectivity index (χ4v) is 4.48. The van der Waals surface area contributed by atoms with Crippen LogP contribution in [0.1, 0.15) is 44.6 Å². The Morgan fingerprint density at radius 3 is 2.67 bits per heavy atom. The van der Waals surface area contributed by atoms with E-state index in [1.54, 1.807) is 0 Å². The molecule has 4 atom stereocenters. The molecule has 2 saturated carbocycles. The number of benzene rings is 1. The van der Waals surface area contributed by atoms with E-state index in [-0.39, 0.29) is 0 Å². The van der Waals surface area contributed by atoms with Gasteiger partial charge in [0.25, 0.3) is 0 Å². The quantitative estimate of drug-likeness (QED) is 0.859. The molecule has 1 aromatic carbocycles. The van der Waals surface area contributed by atoms with Crippen molar-refractivity contribution in [2.75, 3.05) is 0 Å². The van der Waals surface area contributed by atoms with E-state index >= 15 is 0 Å². The van der Waals surface area contributed by atoms with Crippen LogP contribution in [0.5, 0.6) is 0 Å². The van der Waals surface area contributed by atoms with Gasteiger partial charge in [0.1, 0.15) is 0 Å². The fourth-order valence-electron chi connectivity index (χ4n) is 4.14. The molecular formula is C16H21ClO. The lowest BCUT2D eigenvalue weighted by Crippen LogP contribution is -2.27. The highest BCUT2D eigenvalue weighted by atomic mass is 35.5. The minimum atomic E-state index is -0.784. The van der Waals surface area contributed by atoms with Crippen molar-refractivity contribution in [2.45, 2.75) is 44.6 Å². The Kier molecular flexibility index (Phi) is 3.15. The lowest BCUT2D eigenvalue weighted by molar-refractivity contribution is 0.0205. The second kappa shape index (κ2) is 4.54. The van der Waals surface area contributed by atoms with Crippen molar-refractivity contribution in [3.05, 3.63) is 34.9 Å². The Hall–Kier alpha value is -0.530. The minimum absolute atomic E-state index is 0.686. The summed E-state index contributed by atoms with van der Waals surface area (Å²) < 4.78 is 0. The van der Waals surface area contributed by atoms with Gasteiger partial charge in [-0.2, -0.15) is 0 Å². The monoisotopic (exact) mass is 264 g/mol. The molecule has 0 aliphatic heterocycles. The molecule has 18 heavy (non-hydrogen) atoms. The van der Waals surface area contributed by atoms with Gasteiger partial charge >= 0.3 is 0 Å². The van der Waals surface area contributed by atoms with E-state index in [2.05, 4.69) is 0 Å². The zero-order chi connectivity index (χ0) is 12.8. The average Bonchev–Trinajstić information content (AvgIpc) is 2.90. The van der Waals surface area contributed by atoms with Crippen LogP contribution in [0.2, 0.25) is 5.02 Å². The normalized spacial score (nSPS) is 33.6. The maximum absolute atomic E-state index is 10.8. The smallest absolute Gasteiger partial charge is 0.0885 e. The second-order valence-corrected chi connectivity index (χ2v) is 6.80. The molecule has 2 aliphatic carbocycles. The van der Waals surface area contributed by atoms with E-state index in [9.17, 15) is 5.11 Å². The molecule has 98 valence electrons. The third-order valence-electron chi connectivity index (χ3n) is 5.00. The van der Waals surface area contributed by atoms with Crippen LogP contribution >= 0.6 is 11.6 Å². The van der Waals surface area contributed by atoms with Crippen molar-refractivity contribution in [1.82, 2.24) is 0 Å². The number of hydrogen-bond acceptors (Lipinski definition) is 1. The first-order valence-corrected chi connectivity index (χ1v) is 7.41. The molecule has 0 spiro atoms. The second-order valence-electron chi connectivity index (χ2n) is 6.39. The van der Waals surface area contributed by atoms with Gasteiger partial charge in [0, 0.05) is 10.6 Å². The zero-order valence-electron chi connectivity index (χ0n) is 10.9. The summed E-state index contributed by atoms with van der Waals surface area (Å²) in [6.07, 6.45) is 6.34. The number of aliphatic hydroxyl groups is 1. The lowest BCUT2D eigenvalue weighted by Gasteiger charge is -2.31. The Morgan fingerprint density at radius 2 is 2.06 bits per heavy atom. The third kappa shape index (κ3) is 2.19. The van der Waals surface area contributed by atoms with Crippen LogP contribution in [-0.4, -0.2) is 5.11 Å². The Balaban J connectivity index is 1.77. The van der Waals surface area contributed by atoms with Gasteiger partial charge in [-0.25, -0.2) is 0 Å². The van der Waals surface area contributed by atoms with Crippen molar-refractivity contribution >= 4 is 11.6 Å². The summed E-state index contributed by atoms with van der Waals surface area (Å²) in [4.78, 5) is 0. The third-order valence-corrected chi connectivity index (χ3v) is 5.33.